The number of benzene rings is 2. The molecule has 0 atom stereocenters. The van der Waals surface area contributed by atoms with Crippen molar-refractivity contribution >= 4 is 29.9 Å². The SMILES string of the molecule is I.NC(=NCc1ccn(-c2ccc(F)cc2)n1)NCCc1ccccc1. The predicted molar refractivity (Wildman–Crippen MR) is 112 cm³/mol. The van der Waals surface area contributed by atoms with Gasteiger partial charge in [0.1, 0.15) is 5.82 Å². The zero-order valence-corrected chi connectivity index (χ0v) is 16.5. The maximum Gasteiger partial charge on any atom is 0.188 e. The predicted octanol–water partition coefficient (Wildman–Crippen LogP) is 3.28. The van der Waals surface area contributed by atoms with Crippen LogP contribution in [0.1, 0.15) is 11.3 Å². The molecule has 1 heterocycles. The Morgan fingerprint density at radius 1 is 1.08 bits per heavy atom. The number of halogens is 2. The van der Waals surface area contributed by atoms with Crippen molar-refractivity contribution < 1.29 is 4.39 Å². The first kappa shape index (κ1) is 19.9. The van der Waals surface area contributed by atoms with E-state index >= 15 is 0 Å². The van der Waals surface area contributed by atoms with E-state index in [1.54, 1.807) is 16.8 Å². The van der Waals surface area contributed by atoms with E-state index in [9.17, 15) is 4.39 Å². The minimum atomic E-state index is -0.268. The van der Waals surface area contributed by atoms with Crippen LogP contribution in [0.15, 0.2) is 71.9 Å². The van der Waals surface area contributed by atoms with Crippen molar-refractivity contribution in [2.24, 2.45) is 10.7 Å². The molecule has 0 unspecified atom stereocenters. The van der Waals surface area contributed by atoms with Crippen LogP contribution in [0, 0.1) is 5.82 Å². The lowest BCUT2D eigenvalue weighted by atomic mass is 10.1. The lowest BCUT2D eigenvalue weighted by molar-refractivity contribution is 0.627. The molecule has 3 aromatic rings. The summed E-state index contributed by atoms with van der Waals surface area (Å²) in [5.74, 6) is 0.127. The van der Waals surface area contributed by atoms with Gasteiger partial charge in [0, 0.05) is 12.7 Å². The summed E-state index contributed by atoms with van der Waals surface area (Å²) in [4.78, 5) is 4.29. The lowest BCUT2D eigenvalue weighted by Crippen LogP contribution is -2.33. The van der Waals surface area contributed by atoms with Gasteiger partial charge in [-0.3, -0.25) is 0 Å². The van der Waals surface area contributed by atoms with E-state index < -0.39 is 0 Å². The molecule has 0 bridgehead atoms. The van der Waals surface area contributed by atoms with Crippen LogP contribution in [-0.4, -0.2) is 22.3 Å². The Kier molecular flexibility index (Phi) is 7.58. The van der Waals surface area contributed by atoms with Crippen molar-refractivity contribution in [2.75, 3.05) is 6.54 Å². The minimum Gasteiger partial charge on any atom is -0.370 e. The van der Waals surface area contributed by atoms with Crippen LogP contribution in [0.25, 0.3) is 5.69 Å². The van der Waals surface area contributed by atoms with Gasteiger partial charge in [0.05, 0.1) is 17.9 Å². The summed E-state index contributed by atoms with van der Waals surface area (Å²) in [5, 5.41) is 7.51. The summed E-state index contributed by atoms with van der Waals surface area (Å²) in [6.07, 6.45) is 2.70. The van der Waals surface area contributed by atoms with Crippen molar-refractivity contribution in [2.45, 2.75) is 13.0 Å². The number of rotatable bonds is 6. The summed E-state index contributed by atoms with van der Waals surface area (Å²) in [5.41, 5.74) is 8.72. The van der Waals surface area contributed by atoms with Gasteiger partial charge < -0.3 is 11.1 Å². The molecular formula is C19H21FIN5. The van der Waals surface area contributed by atoms with Crippen molar-refractivity contribution in [3.05, 3.63) is 83.9 Å². The first-order chi connectivity index (χ1) is 12.2. The van der Waals surface area contributed by atoms with Gasteiger partial charge in [-0.15, -0.1) is 24.0 Å². The lowest BCUT2D eigenvalue weighted by Gasteiger charge is -2.05. The highest BCUT2D eigenvalue weighted by Gasteiger charge is 2.02. The van der Waals surface area contributed by atoms with E-state index in [4.69, 9.17) is 5.73 Å². The number of aliphatic imine (C=N–C) groups is 1. The highest BCUT2D eigenvalue weighted by molar-refractivity contribution is 14.0. The molecular weight excluding hydrogens is 444 g/mol. The van der Waals surface area contributed by atoms with Crippen molar-refractivity contribution in [3.8, 4) is 5.69 Å². The third-order valence-corrected chi connectivity index (χ3v) is 3.71. The van der Waals surface area contributed by atoms with Crippen LogP contribution in [0.5, 0.6) is 0 Å². The number of nitrogens with one attached hydrogen (secondary N) is 1. The van der Waals surface area contributed by atoms with Gasteiger partial charge in [-0.25, -0.2) is 14.1 Å². The molecule has 3 N–H and O–H groups in total. The van der Waals surface area contributed by atoms with Gasteiger partial charge in [-0.1, -0.05) is 30.3 Å². The molecule has 3 rings (SSSR count). The molecule has 0 radical (unpaired) electrons. The van der Waals surface area contributed by atoms with E-state index in [1.165, 1.54) is 17.7 Å². The molecule has 2 aromatic carbocycles. The quantitative estimate of drug-likeness (QED) is 0.334. The normalized spacial score (nSPS) is 11.0. The molecule has 5 nitrogen and oxygen atoms in total. The van der Waals surface area contributed by atoms with Crippen LogP contribution in [-0.2, 0) is 13.0 Å². The Bertz CT molecular complexity index is 831. The van der Waals surface area contributed by atoms with E-state index in [0.29, 0.717) is 12.5 Å². The second kappa shape index (κ2) is 9.91. The Morgan fingerprint density at radius 2 is 1.81 bits per heavy atom. The topological polar surface area (TPSA) is 68.2 Å². The van der Waals surface area contributed by atoms with Gasteiger partial charge in [-0.2, -0.15) is 5.10 Å². The smallest absolute Gasteiger partial charge is 0.188 e. The fourth-order valence-corrected chi connectivity index (χ4v) is 2.39. The van der Waals surface area contributed by atoms with Crippen LogP contribution < -0.4 is 11.1 Å². The highest BCUT2D eigenvalue weighted by atomic mass is 127. The Labute approximate surface area is 169 Å². The van der Waals surface area contributed by atoms with Gasteiger partial charge in [0.15, 0.2) is 5.96 Å². The molecule has 7 heteroatoms. The molecule has 0 aliphatic carbocycles. The Balaban J connectivity index is 0.00000243. The summed E-state index contributed by atoms with van der Waals surface area (Å²) in [6.45, 7) is 1.11. The number of aromatic nitrogens is 2. The number of hydrogen-bond acceptors (Lipinski definition) is 2. The zero-order valence-electron chi connectivity index (χ0n) is 14.2. The van der Waals surface area contributed by atoms with Gasteiger partial charge in [0.2, 0.25) is 0 Å². The van der Waals surface area contributed by atoms with E-state index in [2.05, 4.69) is 27.5 Å². The summed E-state index contributed by atoms with van der Waals surface area (Å²) >= 11 is 0. The molecule has 0 aliphatic rings. The van der Waals surface area contributed by atoms with Crippen molar-refractivity contribution in [3.63, 3.8) is 0 Å². The standard InChI is InChI=1S/C19H20FN5.HI/c20-16-6-8-18(9-7-16)25-13-11-17(24-25)14-23-19(21)22-12-10-15-4-2-1-3-5-15;/h1-9,11,13H,10,12,14H2,(H3,21,22,23);1H. The first-order valence-corrected chi connectivity index (χ1v) is 8.09. The number of nitrogens with two attached hydrogens (primary N) is 1. The van der Waals surface area contributed by atoms with Gasteiger partial charge in [-0.05, 0) is 42.3 Å². The van der Waals surface area contributed by atoms with Crippen LogP contribution >= 0.6 is 24.0 Å². The van der Waals surface area contributed by atoms with Crippen molar-refractivity contribution in [1.82, 2.24) is 15.1 Å². The molecule has 0 saturated heterocycles. The molecule has 26 heavy (non-hydrogen) atoms. The fraction of sp³-hybridized carbons (Fsp3) is 0.158. The second-order valence-electron chi connectivity index (χ2n) is 5.59. The largest absolute Gasteiger partial charge is 0.370 e. The fourth-order valence-electron chi connectivity index (χ4n) is 2.39. The summed E-state index contributed by atoms with van der Waals surface area (Å²) in [7, 11) is 0. The van der Waals surface area contributed by atoms with Crippen molar-refractivity contribution in [1.29, 1.82) is 0 Å². The summed E-state index contributed by atoms with van der Waals surface area (Å²) < 4.78 is 14.6. The van der Waals surface area contributed by atoms with Crippen LogP contribution in [0.2, 0.25) is 0 Å². The maximum atomic E-state index is 13.0. The highest BCUT2D eigenvalue weighted by Crippen LogP contribution is 2.09. The molecule has 0 fully saturated rings. The van der Waals surface area contributed by atoms with E-state index in [-0.39, 0.29) is 29.8 Å². The number of hydrogen-bond donors (Lipinski definition) is 2. The zero-order chi connectivity index (χ0) is 17.5. The molecule has 136 valence electrons. The van der Waals surface area contributed by atoms with Gasteiger partial charge in [0.25, 0.3) is 0 Å². The Morgan fingerprint density at radius 3 is 2.54 bits per heavy atom. The van der Waals surface area contributed by atoms with E-state index in [1.807, 2.05) is 30.5 Å². The molecule has 0 amide bonds. The van der Waals surface area contributed by atoms with Crippen LogP contribution in [0.3, 0.4) is 0 Å². The number of guanidine groups is 1. The molecule has 0 saturated carbocycles. The molecule has 0 spiro atoms. The second-order valence-corrected chi connectivity index (χ2v) is 5.59. The molecule has 1 aromatic heterocycles. The van der Waals surface area contributed by atoms with E-state index in [0.717, 1.165) is 24.3 Å². The third kappa shape index (κ3) is 5.83. The first-order valence-electron chi connectivity index (χ1n) is 8.09. The Hall–Kier alpha value is -2.42. The molecule has 0 aliphatic heterocycles. The van der Waals surface area contributed by atoms with Gasteiger partial charge >= 0.3 is 0 Å². The third-order valence-electron chi connectivity index (χ3n) is 3.71. The average Bonchev–Trinajstić information content (AvgIpc) is 3.10. The summed E-state index contributed by atoms with van der Waals surface area (Å²) in [6, 6.07) is 18.2. The van der Waals surface area contributed by atoms with Crippen LogP contribution in [0.4, 0.5) is 4.39 Å². The monoisotopic (exact) mass is 465 g/mol. The average molecular weight is 465 g/mol. The minimum absolute atomic E-state index is 0. The maximum absolute atomic E-state index is 13.0. The number of nitrogens with zero attached hydrogens (tertiary/aromatic N) is 3.